The minimum atomic E-state index is -0.501. The standard InChI is InChI=1S/C19H23N3O3/c1-14-3-7-16(8-4-14)21-18(23)13-25-19(24)15-5-9-17(10-6-15)22-12-2-11-20-22/h2,5-6,9-12,14,16H,3-4,7-8,13H2,1H3,(H,21,23). The molecule has 0 saturated heterocycles. The number of rotatable bonds is 5. The van der Waals surface area contributed by atoms with E-state index in [4.69, 9.17) is 4.74 Å². The number of aromatic nitrogens is 2. The Hall–Kier alpha value is -2.63. The van der Waals surface area contributed by atoms with Crippen LogP contribution >= 0.6 is 0 Å². The van der Waals surface area contributed by atoms with Gasteiger partial charge in [-0.25, -0.2) is 9.48 Å². The third-order valence-corrected chi connectivity index (χ3v) is 4.59. The second kappa shape index (κ2) is 7.96. The summed E-state index contributed by atoms with van der Waals surface area (Å²) >= 11 is 0. The van der Waals surface area contributed by atoms with Crippen molar-refractivity contribution in [3.05, 3.63) is 48.3 Å². The smallest absolute Gasteiger partial charge is 0.338 e. The van der Waals surface area contributed by atoms with Crippen molar-refractivity contribution >= 4 is 11.9 Å². The Morgan fingerprint density at radius 1 is 1.20 bits per heavy atom. The van der Waals surface area contributed by atoms with Crippen molar-refractivity contribution in [2.75, 3.05) is 6.61 Å². The van der Waals surface area contributed by atoms with Crippen LogP contribution in [-0.4, -0.2) is 34.3 Å². The molecule has 6 nitrogen and oxygen atoms in total. The lowest BCUT2D eigenvalue weighted by molar-refractivity contribution is -0.125. The van der Waals surface area contributed by atoms with E-state index in [-0.39, 0.29) is 18.6 Å². The Bertz CT molecular complexity index is 702. The average molecular weight is 341 g/mol. The number of nitrogens with one attached hydrogen (secondary N) is 1. The van der Waals surface area contributed by atoms with Crippen LogP contribution in [-0.2, 0) is 9.53 Å². The van der Waals surface area contributed by atoms with Gasteiger partial charge >= 0.3 is 5.97 Å². The maximum absolute atomic E-state index is 12.1. The van der Waals surface area contributed by atoms with Crippen molar-refractivity contribution in [1.29, 1.82) is 0 Å². The van der Waals surface area contributed by atoms with E-state index < -0.39 is 5.97 Å². The van der Waals surface area contributed by atoms with Crippen molar-refractivity contribution in [2.24, 2.45) is 5.92 Å². The second-order valence-electron chi connectivity index (χ2n) is 6.60. The molecule has 0 spiro atoms. The van der Waals surface area contributed by atoms with Crippen LogP contribution in [0.5, 0.6) is 0 Å². The molecule has 1 heterocycles. The van der Waals surface area contributed by atoms with E-state index in [1.807, 2.05) is 12.3 Å². The van der Waals surface area contributed by atoms with E-state index in [0.29, 0.717) is 5.56 Å². The molecule has 0 aliphatic heterocycles. The lowest BCUT2D eigenvalue weighted by Gasteiger charge is -2.26. The lowest BCUT2D eigenvalue weighted by Crippen LogP contribution is -2.39. The Labute approximate surface area is 147 Å². The van der Waals surface area contributed by atoms with Gasteiger partial charge in [0.2, 0.25) is 0 Å². The van der Waals surface area contributed by atoms with Crippen molar-refractivity contribution in [3.63, 3.8) is 0 Å². The summed E-state index contributed by atoms with van der Waals surface area (Å²) in [5, 5.41) is 7.07. The van der Waals surface area contributed by atoms with E-state index in [2.05, 4.69) is 17.3 Å². The van der Waals surface area contributed by atoms with Gasteiger partial charge in [-0.2, -0.15) is 5.10 Å². The Morgan fingerprint density at radius 3 is 2.56 bits per heavy atom. The Kier molecular flexibility index (Phi) is 5.48. The highest BCUT2D eigenvalue weighted by molar-refractivity contribution is 5.91. The molecule has 25 heavy (non-hydrogen) atoms. The normalized spacial score (nSPS) is 20.0. The zero-order chi connectivity index (χ0) is 17.6. The summed E-state index contributed by atoms with van der Waals surface area (Å²) in [6.07, 6.45) is 7.77. The van der Waals surface area contributed by atoms with Crippen LogP contribution in [0.1, 0.15) is 43.0 Å². The second-order valence-corrected chi connectivity index (χ2v) is 6.60. The molecule has 1 amide bonds. The molecular weight excluding hydrogens is 318 g/mol. The molecule has 0 radical (unpaired) electrons. The maximum Gasteiger partial charge on any atom is 0.338 e. The van der Waals surface area contributed by atoms with E-state index in [9.17, 15) is 9.59 Å². The zero-order valence-corrected chi connectivity index (χ0v) is 14.4. The third kappa shape index (κ3) is 4.68. The summed E-state index contributed by atoms with van der Waals surface area (Å²) in [6.45, 7) is 1.99. The molecule has 0 atom stereocenters. The summed E-state index contributed by atoms with van der Waals surface area (Å²) in [6, 6.07) is 8.93. The van der Waals surface area contributed by atoms with Crippen molar-refractivity contribution in [3.8, 4) is 5.69 Å². The Balaban J connectivity index is 1.46. The molecule has 1 aliphatic carbocycles. The first-order chi connectivity index (χ1) is 12.1. The first-order valence-corrected chi connectivity index (χ1v) is 8.68. The van der Waals surface area contributed by atoms with E-state index in [0.717, 1.165) is 37.3 Å². The summed E-state index contributed by atoms with van der Waals surface area (Å²) in [4.78, 5) is 24.0. The molecule has 3 rings (SSSR count). The summed E-state index contributed by atoms with van der Waals surface area (Å²) in [5.41, 5.74) is 1.26. The van der Waals surface area contributed by atoms with Gasteiger partial charge in [0.1, 0.15) is 0 Å². The topological polar surface area (TPSA) is 73.2 Å². The molecule has 1 fully saturated rings. The van der Waals surface area contributed by atoms with Crippen LogP contribution < -0.4 is 5.32 Å². The van der Waals surface area contributed by atoms with Gasteiger partial charge in [0.15, 0.2) is 6.61 Å². The van der Waals surface area contributed by atoms with E-state index in [1.165, 1.54) is 0 Å². The molecule has 1 aromatic carbocycles. The fourth-order valence-corrected chi connectivity index (χ4v) is 3.06. The molecule has 1 aromatic heterocycles. The maximum atomic E-state index is 12.1. The van der Waals surface area contributed by atoms with Crippen molar-refractivity contribution in [1.82, 2.24) is 15.1 Å². The molecule has 0 unspecified atom stereocenters. The summed E-state index contributed by atoms with van der Waals surface area (Å²) in [7, 11) is 0. The number of benzene rings is 1. The quantitative estimate of drug-likeness (QED) is 0.849. The lowest BCUT2D eigenvalue weighted by atomic mass is 9.87. The molecule has 1 aliphatic rings. The van der Waals surface area contributed by atoms with Crippen LogP contribution in [0.2, 0.25) is 0 Å². The van der Waals surface area contributed by atoms with Gasteiger partial charge in [0.05, 0.1) is 11.3 Å². The van der Waals surface area contributed by atoms with Crippen LogP contribution in [0.25, 0.3) is 5.69 Å². The van der Waals surface area contributed by atoms with Crippen LogP contribution in [0.4, 0.5) is 0 Å². The number of amides is 1. The van der Waals surface area contributed by atoms with Gasteiger partial charge in [-0.3, -0.25) is 4.79 Å². The largest absolute Gasteiger partial charge is 0.452 e. The van der Waals surface area contributed by atoms with Gasteiger partial charge in [0.25, 0.3) is 5.91 Å². The highest BCUT2D eigenvalue weighted by atomic mass is 16.5. The van der Waals surface area contributed by atoms with Crippen LogP contribution in [0.3, 0.4) is 0 Å². The molecule has 6 heteroatoms. The third-order valence-electron chi connectivity index (χ3n) is 4.59. The number of esters is 1. The van der Waals surface area contributed by atoms with E-state index in [1.54, 1.807) is 35.1 Å². The molecule has 0 bridgehead atoms. The van der Waals surface area contributed by atoms with Gasteiger partial charge in [-0.1, -0.05) is 6.92 Å². The number of ether oxygens (including phenoxy) is 1. The Morgan fingerprint density at radius 2 is 1.92 bits per heavy atom. The van der Waals surface area contributed by atoms with Crippen LogP contribution in [0, 0.1) is 5.92 Å². The summed E-state index contributed by atoms with van der Waals surface area (Å²) in [5.74, 6) is -0.00353. The fraction of sp³-hybridized carbons (Fsp3) is 0.421. The van der Waals surface area contributed by atoms with Gasteiger partial charge in [-0.05, 0) is 61.9 Å². The van der Waals surface area contributed by atoms with Gasteiger partial charge < -0.3 is 10.1 Å². The van der Waals surface area contributed by atoms with Gasteiger partial charge in [-0.15, -0.1) is 0 Å². The first-order valence-electron chi connectivity index (χ1n) is 8.68. The highest BCUT2D eigenvalue weighted by Gasteiger charge is 2.20. The minimum absolute atomic E-state index is 0.204. The minimum Gasteiger partial charge on any atom is -0.452 e. The first kappa shape index (κ1) is 17.2. The average Bonchev–Trinajstić information content (AvgIpc) is 3.16. The number of hydrogen-bond donors (Lipinski definition) is 1. The summed E-state index contributed by atoms with van der Waals surface area (Å²) < 4.78 is 6.81. The van der Waals surface area contributed by atoms with Crippen molar-refractivity contribution < 1.29 is 14.3 Å². The number of carbonyl (C=O) groups is 2. The predicted octanol–water partition coefficient (Wildman–Crippen LogP) is 2.72. The van der Waals surface area contributed by atoms with Gasteiger partial charge in [0, 0.05) is 18.4 Å². The number of nitrogens with zero attached hydrogens (tertiary/aromatic N) is 2. The molecule has 2 aromatic rings. The van der Waals surface area contributed by atoms with Crippen molar-refractivity contribution in [2.45, 2.75) is 38.6 Å². The molecule has 1 saturated carbocycles. The number of hydrogen-bond acceptors (Lipinski definition) is 4. The monoisotopic (exact) mass is 341 g/mol. The molecule has 1 N–H and O–H groups in total. The molecular formula is C19H23N3O3. The van der Waals surface area contributed by atoms with Crippen LogP contribution in [0.15, 0.2) is 42.7 Å². The fourth-order valence-electron chi connectivity index (χ4n) is 3.06. The number of carbonyl (C=O) groups excluding carboxylic acids is 2. The van der Waals surface area contributed by atoms with E-state index >= 15 is 0 Å². The zero-order valence-electron chi connectivity index (χ0n) is 14.4. The predicted molar refractivity (Wildman–Crippen MR) is 93.4 cm³/mol. The SMILES string of the molecule is CC1CCC(NC(=O)COC(=O)c2ccc(-n3cccn3)cc2)CC1. The highest BCUT2D eigenvalue weighted by Crippen LogP contribution is 2.23. The molecule has 132 valence electrons.